The van der Waals surface area contributed by atoms with Gasteiger partial charge in [-0.3, -0.25) is 9.59 Å². The molecular weight excluding hydrogens is 268 g/mol. The Kier molecular flexibility index (Phi) is 3.53. The second kappa shape index (κ2) is 5.49. The number of benzene rings is 1. The van der Waals surface area contributed by atoms with Gasteiger partial charge in [0.15, 0.2) is 0 Å². The van der Waals surface area contributed by atoms with Gasteiger partial charge in [0, 0.05) is 24.3 Å². The van der Waals surface area contributed by atoms with Crippen LogP contribution in [0.2, 0.25) is 0 Å². The van der Waals surface area contributed by atoms with Crippen LogP contribution in [0, 0.1) is 0 Å². The lowest BCUT2D eigenvalue weighted by Crippen LogP contribution is -2.39. The van der Waals surface area contributed by atoms with E-state index in [0.29, 0.717) is 6.54 Å². The zero-order valence-electron chi connectivity index (χ0n) is 11.7. The van der Waals surface area contributed by atoms with Crippen molar-refractivity contribution in [2.45, 2.75) is 12.5 Å². The van der Waals surface area contributed by atoms with Crippen LogP contribution in [-0.4, -0.2) is 29.7 Å². The molecule has 1 aromatic carbocycles. The zero-order chi connectivity index (χ0) is 14.8. The van der Waals surface area contributed by atoms with Gasteiger partial charge in [0.1, 0.15) is 5.69 Å². The molecule has 108 valence electrons. The first-order chi connectivity index (χ1) is 10.2. The number of nitrogens with zero attached hydrogens (tertiary/aromatic N) is 2. The highest BCUT2D eigenvalue weighted by Gasteiger charge is 2.28. The molecule has 1 aliphatic heterocycles. The minimum absolute atomic E-state index is 0.201. The van der Waals surface area contributed by atoms with Crippen molar-refractivity contribution in [3.8, 4) is 0 Å². The van der Waals surface area contributed by atoms with E-state index in [0.717, 1.165) is 17.7 Å². The number of carbonyl (C=O) groups is 1. The fourth-order valence-electron chi connectivity index (χ4n) is 2.67. The molecule has 0 fully saturated rings. The second-order valence-corrected chi connectivity index (χ2v) is 4.95. The van der Waals surface area contributed by atoms with Gasteiger partial charge >= 0.3 is 0 Å². The summed E-state index contributed by atoms with van der Waals surface area (Å²) in [5.74, 6) is -0.201. The van der Waals surface area contributed by atoms with Crippen molar-refractivity contribution in [1.82, 2.24) is 15.5 Å². The van der Waals surface area contributed by atoms with Crippen LogP contribution < -0.4 is 15.8 Å². The molecule has 2 heterocycles. The Morgan fingerprint density at radius 2 is 2.14 bits per heavy atom. The SMILES string of the molecule is CNC1CCN(C(=O)c2ccc(=O)[nH]n2)c2ccccc21. The molecule has 1 aliphatic rings. The molecule has 0 bridgehead atoms. The van der Waals surface area contributed by atoms with Gasteiger partial charge in [0.2, 0.25) is 0 Å². The molecule has 0 aliphatic carbocycles. The summed E-state index contributed by atoms with van der Waals surface area (Å²) in [6, 6.07) is 10.8. The Hall–Kier alpha value is -2.47. The minimum atomic E-state index is -0.319. The molecule has 2 N–H and O–H groups in total. The summed E-state index contributed by atoms with van der Waals surface area (Å²) in [7, 11) is 1.92. The number of aromatic nitrogens is 2. The maximum Gasteiger partial charge on any atom is 0.278 e. The van der Waals surface area contributed by atoms with Crippen molar-refractivity contribution < 1.29 is 4.79 Å². The van der Waals surface area contributed by atoms with Crippen molar-refractivity contribution in [3.05, 3.63) is 58.0 Å². The number of aromatic amines is 1. The molecule has 6 heteroatoms. The molecule has 6 nitrogen and oxygen atoms in total. The Bertz CT molecular complexity index is 705. The number of amides is 1. The van der Waals surface area contributed by atoms with Gasteiger partial charge in [-0.25, -0.2) is 5.10 Å². The lowest BCUT2D eigenvalue weighted by Gasteiger charge is -2.34. The van der Waals surface area contributed by atoms with Crippen molar-refractivity contribution in [2.75, 3.05) is 18.5 Å². The number of anilines is 1. The van der Waals surface area contributed by atoms with E-state index in [2.05, 4.69) is 15.5 Å². The van der Waals surface area contributed by atoms with E-state index in [1.165, 1.54) is 12.1 Å². The van der Waals surface area contributed by atoms with Gasteiger partial charge in [-0.2, -0.15) is 5.10 Å². The first-order valence-electron chi connectivity index (χ1n) is 6.84. The topological polar surface area (TPSA) is 78.1 Å². The van der Waals surface area contributed by atoms with E-state index >= 15 is 0 Å². The third-order valence-corrected chi connectivity index (χ3v) is 3.74. The number of rotatable bonds is 2. The quantitative estimate of drug-likeness (QED) is 0.865. The van der Waals surface area contributed by atoms with E-state index < -0.39 is 0 Å². The van der Waals surface area contributed by atoms with Crippen LogP contribution in [0.5, 0.6) is 0 Å². The van der Waals surface area contributed by atoms with Crippen molar-refractivity contribution in [2.24, 2.45) is 0 Å². The third kappa shape index (κ3) is 2.45. The fourth-order valence-corrected chi connectivity index (χ4v) is 2.67. The van der Waals surface area contributed by atoms with Crippen molar-refractivity contribution in [3.63, 3.8) is 0 Å². The first-order valence-corrected chi connectivity index (χ1v) is 6.84. The average molecular weight is 284 g/mol. The van der Waals surface area contributed by atoms with E-state index in [9.17, 15) is 9.59 Å². The Morgan fingerprint density at radius 1 is 1.33 bits per heavy atom. The first kappa shape index (κ1) is 13.5. The second-order valence-electron chi connectivity index (χ2n) is 4.95. The fraction of sp³-hybridized carbons (Fsp3) is 0.267. The largest absolute Gasteiger partial charge is 0.313 e. The van der Waals surface area contributed by atoms with Gasteiger partial charge in [-0.05, 0) is 31.2 Å². The van der Waals surface area contributed by atoms with Crippen LogP contribution in [-0.2, 0) is 0 Å². The highest BCUT2D eigenvalue weighted by atomic mass is 16.2. The zero-order valence-corrected chi connectivity index (χ0v) is 11.7. The minimum Gasteiger partial charge on any atom is -0.313 e. The number of carbonyl (C=O) groups excluding carboxylic acids is 1. The van der Waals surface area contributed by atoms with E-state index in [4.69, 9.17) is 0 Å². The van der Waals surface area contributed by atoms with Crippen molar-refractivity contribution >= 4 is 11.6 Å². The summed E-state index contributed by atoms with van der Waals surface area (Å²) in [5, 5.41) is 9.39. The lowest BCUT2D eigenvalue weighted by atomic mass is 9.96. The molecule has 0 radical (unpaired) electrons. The summed E-state index contributed by atoms with van der Waals surface area (Å²) in [6.45, 7) is 0.613. The predicted octanol–water partition coefficient (Wildman–Crippen LogP) is 1.08. The van der Waals surface area contributed by atoms with Crippen LogP contribution in [0.1, 0.15) is 28.5 Å². The maximum atomic E-state index is 12.6. The van der Waals surface area contributed by atoms with Crippen LogP contribution in [0.15, 0.2) is 41.2 Å². The summed E-state index contributed by atoms with van der Waals surface area (Å²) in [4.78, 5) is 25.4. The number of hydrogen-bond donors (Lipinski definition) is 2. The summed E-state index contributed by atoms with van der Waals surface area (Å²) >= 11 is 0. The lowest BCUT2D eigenvalue weighted by molar-refractivity contribution is 0.0978. The molecule has 0 saturated carbocycles. The van der Waals surface area contributed by atoms with Crippen LogP contribution in [0.3, 0.4) is 0 Å². The maximum absolute atomic E-state index is 12.6. The molecule has 1 unspecified atom stereocenters. The van der Waals surface area contributed by atoms with Gasteiger partial charge in [0.25, 0.3) is 11.5 Å². The summed E-state index contributed by atoms with van der Waals surface area (Å²) in [6.07, 6.45) is 0.836. The summed E-state index contributed by atoms with van der Waals surface area (Å²) < 4.78 is 0. The van der Waals surface area contributed by atoms with Gasteiger partial charge in [-0.15, -0.1) is 0 Å². The highest BCUT2D eigenvalue weighted by molar-refractivity contribution is 6.05. The van der Waals surface area contributed by atoms with Crippen molar-refractivity contribution in [1.29, 1.82) is 0 Å². The smallest absolute Gasteiger partial charge is 0.278 e. The monoisotopic (exact) mass is 284 g/mol. The molecule has 0 saturated heterocycles. The van der Waals surface area contributed by atoms with Gasteiger partial charge in [0.05, 0.1) is 0 Å². The molecule has 0 spiro atoms. The average Bonchev–Trinajstić information content (AvgIpc) is 2.54. The Balaban J connectivity index is 1.98. The Morgan fingerprint density at radius 3 is 2.86 bits per heavy atom. The predicted molar refractivity (Wildman–Crippen MR) is 79.4 cm³/mol. The highest BCUT2D eigenvalue weighted by Crippen LogP contribution is 2.33. The molecule has 1 amide bonds. The standard InChI is InChI=1S/C15H16N4O2/c1-16-11-8-9-19(13-5-3-2-4-10(11)13)15(21)12-6-7-14(20)18-17-12/h2-7,11,16H,8-9H2,1H3,(H,18,20). The number of nitrogens with one attached hydrogen (secondary N) is 2. The van der Waals surface area contributed by atoms with Crippen LogP contribution >= 0.6 is 0 Å². The van der Waals surface area contributed by atoms with Gasteiger partial charge in [-0.1, -0.05) is 18.2 Å². The summed E-state index contributed by atoms with van der Waals surface area (Å²) in [5.41, 5.74) is 1.92. The van der Waals surface area contributed by atoms with Gasteiger partial charge < -0.3 is 10.2 Å². The number of para-hydroxylation sites is 1. The van der Waals surface area contributed by atoms with E-state index in [1.807, 2.05) is 31.3 Å². The molecule has 1 aromatic heterocycles. The Labute approximate surface area is 121 Å². The number of hydrogen-bond acceptors (Lipinski definition) is 4. The third-order valence-electron chi connectivity index (χ3n) is 3.74. The normalized spacial score (nSPS) is 17.4. The van der Waals surface area contributed by atoms with Crippen LogP contribution in [0.25, 0.3) is 0 Å². The molecule has 3 rings (SSSR count). The molecule has 2 aromatic rings. The number of H-pyrrole nitrogens is 1. The van der Waals surface area contributed by atoms with Crippen LogP contribution in [0.4, 0.5) is 5.69 Å². The molecular formula is C15H16N4O2. The number of fused-ring (bicyclic) bond motifs is 1. The molecule has 21 heavy (non-hydrogen) atoms. The van der Waals surface area contributed by atoms with E-state index in [-0.39, 0.29) is 23.2 Å². The molecule has 1 atom stereocenters. The van der Waals surface area contributed by atoms with E-state index in [1.54, 1.807) is 4.90 Å².